The van der Waals surface area contributed by atoms with Gasteiger partial charge in [0.2, 0.25) is 11.8 Å². The highest BCUT2D eigenvalue weighted by atomic mass is 35.5. The standard InChI is InChI=1S/C20H20Cl2N2O3/c1-2-18(26)23-9-11-24(12-10-23)19(27)20(22)8-7-14(25)13-16(20)15-5-3-4-6-17(15)21/h2-7,13,25H,1,8-12H2. The van der Waals surface area contributed by atoms with Gasteiger partial charge in [0, 0.05) is 37.6 Å². The maximum Gasteiger partial charge on any atom is 0.248 e. The Bertz CT molecular complexity index is 841. The van der Waals surface area contributed by atoms with Gasteiger partial charge in [0.15, 0.2) is 4.87 Å². The minimum Gasteiger partial charge on any atom is -0.508 e. The molecule has 3 rings (SSSR count). The fourth-order valence-electron chi connectivity index (χ4n) is 3.36. The number of piperazine rings is 1. The Labute approximate surface area is 168 Å². The predicted octanol–water partition coefficient (Wildman–Crippen LogP) is 3.40. The maximum absolute atomic E-state index is 13.3. The Morgan fingerprint density at radius 1 is 1.15 bits per heavy atom. The van der Waals surface area contributed by atoms with Gasteiger partial charge in [-0.3, -0.25) is 9.59 Å². The number of halogens is 2. The molecule has 2 amide bonds. The van der Waals surface area contributed by atoms with Crippen molar-refractivity contribution in [1.29, 1.82) is 0 Å². The van der Waals surface area contributed by atoms with E-state index in [1.807, 2.05) is 0 Å². The molecule has 1 aliphatic carbocycles. The normalized spacial score (nSPS) is 22.7. The maximum atomic E-state index is 13.3. The molecule has 7 heteroatoms. The van der Waals surface area contributed by atoms with Gasteiger partial charge in [-0.15, -0.1) is 11.6 Å². The fraction of sp³-hybridized carbons (Fsp3) is 0.300. The molecule has 27 heavy (non-hydrogen) atoms. The van der Waals surface area contributed by atoms with Crippen molar-refractivity contribution < 1.29 is 14.7 Å². The van der Waals surface area contributed by atoms with Gasteiger partial charge in [0.05, 0.1) is 0 Å². The van der Waals surface area contributed by atoms with Gasteiger partial charge in [0.1, 0.15) is 5.76 Å². The average molecular weight is 407 g/mol. The third-order valence-corrected chi connectivity index (χ3v) is 5.72. The van der Waals surface area contributed by atoms with Gasteiger partial charge < -0.3 is 14.9 Å². The molecule has 1 atom stereocenters. The molecule has 1 N–H and O–H groups in total. The lowest BCUT2D eigenvalue weighted by atomic mass is 9.84. The summed E-state index contributed by atoms with van der Waals surface area (Å²) in [4.78, 5) is 27.0. The molecule has 0 spiro atoms. The van der Waals surface area contributed by atoms with Crippen molar-refractivity contribution in [2.75, 3.05) is 26.2 Å². The molecule has 142 valence electrons. The largest absolute Gasteiger partial charge is 0.508 e. The van der Waals surface area contributed by atoms with E-state index in [0.717, 1.165) is 0 Å². The van der Waals surface area contributed by atoms with Crippen molar-refractivity contribution in [1.82, 2.24) is 9.80 Å². The van der Waals surface area contributed by atoms with E-state index < -0.39 is 4.87 Å². The third-order valence-electron chi connectivity index (χ3n) is 4.87. The van der Waals surface area contributed by atoms with Crippen LogP contribution in [0.1, 0.15) is 12.0 Å². The van der Waals surface area contributed by atoms with Crippen LogP contribution in [-0.2, 0) is 9.59 Å². The highest BCUT2D eigenvalue weighted by molar-refractivity contribution is 6.43. The highest BCUT2D eigenvalue weighted by Crippen LogP contribution is 2.43. The van der Waals surface area contributed by atoms with Crippen LogP contribution in [0.2, 0.25) is 5.02 Å². The quantitative estimate of drug-likeness (QED) is 0.617. The number of rotatable bonds is 3. The molecule has 1 aliphatic heterocycles. The first-order valence-corrected chi connectivity index (χ1v) is 9.38. The molecule has 1 heterocycles. The first-order valence-electron chi connectivity index (χ1n) is 8.62. The van der Waals surface area contributed by atoms with Crippen LogP contribution < -0.4 is 0 Å². The Balaban J connectivity index is 1.87. The highest BCUT2D eigenvalue weighted by Gasteiger charge is 2.45. The van der Waals surface area contributed by atoms with Crippen molar-refractivity contribution in [3.8, 4) is 0 Å². The Morgan fingerprint density at radius 2 is 1.78 bits per heavy atom. The Hall–Kier alpha value is -2.24. The van der Waals surface area contributed by atoms with Gasteiger partial charge in [-0.05, 0) is 35.4 Å². The summed E-state index contributed by atoms with van der Waals surface area (Å²) < 4.78 is 0. The monoisotopic (exact) mass is 406 g/mol. The molecule has 1 aromatic carbocycles. The molecule has 1 aromatic rings. The molecular formula is C20H20Cl2N2O3. The van der Waals surface area contributed by atoms with Crippen molar-refractivity contribution >= 4 is 40.6 Å². The predicted molar refractivity (Wildman–Crippen MR) is 107 cm³/mol. The summed E-state index contributed by atoms with van der Waals surface area (Å²) in [5.74, 6) is -0.356. The molecular weight excluding hydrogens is 387 g/mol. The van der Waals surface area contributed by atoms with Crippen LogP contribution in [0.4, 0.5) is 0 Å². The number of aliphatic hydroxyl groups is 1. The number of carbonyl (C=O) groups excluding carboxylic acids is 2. The Kier molecular flexibility index (Phi) is 5.63. The zero-order valence-electron chi connectivity index (χ0n) is 14.7. The van der Waals surface area contributed by atoms with Gasteiger partial charge in [-0.2, -0.15) is 0 Å². The minimum absolute atomic E-state index is 0.0513. The summed E-state index contributed by atoms with van der Waals surface area (Å²) >= 11 is 13.2. The number of benzene rings is 1. The number of hydrogen-bond donors (Lipinski definition) is 1. The van der Waals surface area contributed by atoms with Crippen LogP contribution in [0.15, 0.2) is 54.8 Å². The van der Waals surface area contributed by atoms with Crippen molar-refractivity contribution in [3.63, 3.8) is 0 Å². The fourth-order valence-corrected chi connectivity index (χ4v) is 3.95. The van der Waals surface area contributed by atoms with Crippen molar-refractivity contribution in [2.45, 2.75) is 11.3 Å². The second-order valence-corrected chi connectivity index (χ2v) is 7.55. The molecule has 0 saturated carbocycles. The number of alkyl halides is 1. The lowest BCUT2D eigenvalue weighted by Crippen LogP contribution is -2.55. The third kappa shape index (κ3) is 3.75. The van der Waals surface area contributed by atoms with E-state index in [1.165, 1.54) is 18.2 Å². The number of allylic oxidation sites excluding steroid dienone is 2. The summed E-state index contributed by atoms with van der Waals surface area (Å²) in [7, 11) is 0. The SMILES string of the molecule is C=CC(=O)N1CCN(C(=O)C2(Cl)CC=C(O)C=C2c2ccccc2Cl)CC1. The minimum atomic E-state index is -1.36. The first-order chi connectivity index (χ1) is 12.9. The van der Waals surface area contributed by atoms with E-state index in [9.17, 15) is 14.7 Å². The number of hydrogen-bond acceptors (Lipinski definition) is 3. The summed E-state index contributed by atoms with van der Waals surface area (Å²) in [6.07, 6.45) is 4.45. The smallest absolute Gasteiger partial charge is 0.248 e. The summed E-state index contributed by atoms with van der Waals surface area (Å²) in [5.41, 5.74) is 1.09. The van der Waals surface area contributed by atoms with Crippen molar-refractivity contribution in [2.24, 2.45) is 0 Å². The molecule has 2 aliphatic rings. The van der Waals surface area contributed by atoms with Crippen LogP contribution in [0.5, 0.6) is 0 Å². The average Bonchev–Trinajstić information content (AvgIpc) is 2.69. The van der Waals surface area contributed by atoms with E-state index in [0.29, 0.717) is 42.3 Å². The zero-order valence-corrected chi connectivity index (χ0v) is 16.2. The van der Waals surface area contributed by atoms with Crippen molar-refractivity contribution in [3.05, 3.63) is 65.4 Å². The molecule has 5 nitrogen and oxygen atoms in total. The van der Waals surface area contributed by atoms with Crippen LogP contribution in [0.3, 0.4) is 0 Å². The number of amides is 2. The second kappa shape index (κ2) is 7.79. The van der Waals surface area contributed by atoms with E-state index in [2.05, 4.69) is 6.58 Å². The summed E-state index contributed by atoms with van der Waals surface area (Å²) in [5, 5.41) is 10.4. The second-order valence-electron chi connectivity index (χ2n) is 6.49. The lowest BCUT2D eigenvalue weighted by molar-refractivity contribution is -0.138. The number of aliphatic hydroxyl groups excluding tert-OH is 1. The molecule has 1 saturated heterocycles. The number of nitrogens with zero attached hydrogens (tertiary/aromatic N) is 2. The van der Waals surface area contributed by atoms with Gasteiger partial charge in [-0.1, -0.05) is 36.4 Å². The lowest BCUT2D eigenvalue weighted by Gasteiger charge is -2.40. The zero-order chi connectivity index (χ0) is 19.6. The first kappa shape index (κ1) is 19.5. The van der Waals surface area contributed by atoms with E-state index in [1.54, 1.807) is 34.1 Å². The summed E-state index contributed by atoms with van der Waals surface area (Å²) in [6, 6.07) is 7.09. The Morgan fingerprint density at radius 3 is 2.41 bits per heavy atom. The molecule has 1 fully saturated rings. The van der Waals surface area contributed by atoms with Crippen LogP contribution in [0.25, 0.3) is 5.57 Å². The van der Waals surface area contributed by atoms with Crippen LogP contribution >= 0.6 is 23.2 Å². The van der Waals surface area contributed by atoms with E-state index in [4.69, 9.17) is 23.2 Å². The van der Waals surface area contributed by atoms with E-state index in [-0.39, 0.29) is 24.0 Å². The molecule has 0 aromatic heterocycles. The summed E-state index contributed by atoms with van der Waals surface area (Å²) in [6.45, 7) is 5.12. The van der Waals surface area contributed by atoms with E-state index >= 15 is 0 Å². The van der Waals surface area contributed by atoms with Crippen LogP contribution in [-0.4, -0.2) is 57.8 Å². The molecule has 0 radical (unpaired) electrons. The number of carbonyl (C=O) groups is 2. The van der Waals surface area contributed by atoms with Crippen LogP contribution in [0, 0.1) is 0 Å². The van der Waals surface area contributed by atoms with Gasteiger partial charge >= 0.3 is 0 Å². The van der Waals surface area contributed by atoms with Gasteiger partial charge in [-0.25, -0.2) is 0 Å². The van der Waals surface area contributed by atoms with Gasteiger partial charge in [0.25, 0.3) is 0 Å². The topological polar surface area (TPSA) is 60.9 Å². The molecule has 0 bridgehead atoms. The molecule has 1 unspecified atom stereocenters.